The van der Waals surface area contributed by atoms with E-state index in [1.807, 2.05) is 24.3 Å². The zero-order valence-electron chi connectivity index (χ0n) is 16.1. The van der Waals surface area contributed by atoms with Gasteiger partial charge in [0, 0.05) is 18.7 Å². The predicted octanol–water partition coefficient (Wildman–Crippen LogP) is 3.84. The lowest BCUT2D eigenvalue weighted by Gasteiger charge is -2.69. The lowest BCUT2D eigenvalue weighted by atomic mass is 9.34. The molecule has 0 spiro atoms. The van der Waals surface area contributed by atoms with Gasteiger partial charge in [0.25, 0.3) is 0 Å². The molecule has 1 atom stereocenters. The molecule has 30 heavy (non-hydrogen) atoms. The maximum atomic E-state index is 13.7. The second-order valence-electron chi connectivity index (χ2n) is 8.93. The molecule has 7 rings (SSSR count). The van der Waals surface area contributed by atoms with Crippen LogP contribution in [0.4, 0.5) is 8.78 Å². The van der Waals surface area contributed by atoms with Crippen LogP contribution in [0.15, 0.2) is 47.6 Å². The van der Waals surface area contributed by atoms with Gasteiger partial charge in [0.1, 0.15) is 22.7 Å². The van der Waals surface area contributed by atoms with Crippen LogP contribution in [0.25, 0.3) is 11.0 Å². The summed E-state index contributed by atoms with van der Waals surface area (Å²) in [5.74, 6) is -1.34. The van der Waals surface area contributed by atoms with E-state index in [1.165, 1.54) is 17.1 Å². The maximum absolute atomic E-state index is 13.7. The van der Waals surface area contributed by atoms with Crippen molar-refractivity contribution >= 4 is 23.2 Å². The molecule has 0 radical (unpaired) electrons. The summed E-state index contributed by atoms with van der Waals surface area (Å²) in [7, 11) is 0. The monoisotopic (exact) mass is 407 g/mol. The van der Waals surface area contributed by atoms with Gasteiger partial charge < -0.3 is 0 Å². The van der Waals surface area contributed by atoms with E-state index in [-0.39, 0.29) is 11.3 Å². The number of aromatic nitrogens is 3. The van der Waals surface area contributed by atoms with E-state index < -0.39 is 23.1 Å². The van der Waals surface area contributed by atoms with Gasteiger partial charge in [0.2, 0.25) is 5.91 Å². The van der Waals surface area contributed by atoms with Gasteiger partial charge in [-0.1, -0.05) is 12.1 Å². The molecular formula is C22H19F2N5O. The summed E-state index contributed by atoms with van der Waals surface area (Å²) in [5, 5.41) is 14.7. The van der Waals surface area contributed by atoms with Crippen LogP contribution in [0.1, 0.15) is 37.3 Å². The first-order valence-electron chi connectivity index (χ1n) is 10.1. The van der Waals surface area contributed by atoms with Crippen LogP contribution >= 0.6 is 0 Å². The van der Waals surface area contributed by atoms with Crippen LogP contribution in [-0.2, 0) is 11.3 Å². The molecule has 2 bridgehead atoms. The smallest absolute Gasteiger partial charge is 0.249 e. The van der Waals surface area contributed by atoms with Gasteiger partial charge in [-0.15, -0.1) is 0 Å². The van der Waals surface area contributed by atoms with Gasteiger partial charge in [0.15, 0.2) is 0 Å². The van der Waals surface area contributed by atoms with E-state index in [2.05, 4.69) is 15.3 Å². The first-order chi connectivity index (χ1) is 14.5. The number of amides is 1. The first-order valence-corrected chi connectivity index (χ1v) is 10.1. The van der Waals surface area contributed by atoms with Crippen molar-refractivity contribution < 1.29 is 13.6 Å². The Kier molecular flexibility index (Phi) is 3.50. The van der Waals surface area contributed by atoms with E-state index in [9.17, 15) is 13.6 Å². The number of hydrazone groups is 1. The largest absolute Gasteiger partial charge is 0.272 e. The molecule has 4 aliphatic rings. The van der Waals surface area contributed by atoms with Crippen molar-refractivity contribution in [2.24, 2.45) is 15.9 Å². The first kappa shape index (κ1) is 17.7. The van der Waals surface area contributed by atoms with Crippen molar-refractivity contribution in [1.29, 1.82) is 0 Å². The van der Waals surface area contributed by atoms with Crippen LogP contribution in [0, 0.1) is 22.5 Å². The molecule has 3 saturated carbocycles. The number of benzene rings is 2. The highest BCUT2D eigenvalue weighted by molar-refractivity contribution is 5.88. The van der Waals surface area contributed by atoms with Gasteiger partial charge >= 0.3 is 0 Å². The fraction of sp³-hybridized carbons (Fsp3) is 0.364. The fourth-order valence-corrected chi connectivity index (χ4v) is 5.56. The summed E-state index contributed by atoms with van der Waals surface area (Å²) in [4.78, 5) is 15.0. The molecule has 0 N–H and O–H groups in total. The number of halogens is 2. The molecule has 3 fully saturated rings. The average Bonchev–Trinajstić information content (AvgIpc) is 3.28. The number of nitrogens with zero attached hydrogens (tertiary/aromatic N) is 5. The highest BCUT2D eigenvalue weighted by Gasteiger charge is 2.72. The molecule has 1 aromatic heterocycles. The molecule has 2 aromatic carbocycles. The second kappa shape index (κ2) is 5.93. The summed E-state index contributed by atoms with van der Waals surface area (Å²) in [6.45, 7) is 0.693. The third kappa shape index (κ3) is 2.52. The summed E-state index contributed by atoms with van der Waals surface area (Å²) in [6.07, 6.45) is 4.42. The van der Waals surface area contributed by atoms with Gasteiger partial charge in [-0.3, -0.25) is 4.79 Å². The van der Waals surface area contributed by atoms with Crippen molar-refractivity contribution in [1.82, 2.24) is 20.0 Å². The Labute approximate surface area is 171 Å². The molecule has 3 aromatic rings. The number of carbonyl (C=O) groups is 1. The Morgan fingerprint density at radius 3 is 2.30 bits per heavy atom. The lowest BCUT2D eigenvalue weighted by molar-refractivity contribution is -0.224. The van der Waals surface area contributed by atoms with E-state index in [4.69, 9.17) is 0 Å². The molecule has 1 amide bonds. The summed E-state index contributed by atoms with van der Waals surface area (Å²) < 4.78 is 27.3. The van der Waals surface area contributed by atoms with Crippen molar-refractivity contribution in [3.05, 3.63) is 59.7 Å². The SMILES string of the molecule is O=C(N1N=CCC1c1cc(F)cc(F)c1)C12CC(Cn3nc4ccccc4n3)(C1)C2. The highest BCUT2D eigenvalue weighted by atomic mass is 19.1. The minimum atomic E-state index is -0.645. The Morgan fingerprint density at radius 1 is 1.03 bits per heavy atom. The number of carbonyl (C=O) groups excluding carboxylic acids is 1. The molecule has 6 nitrogen and oxygen atoms in total. The van der Waals surface area contributed by atoms with Crippen molar-refractivity contribution in [2.45, 2.75) is 38.3 Å². The molecule has 2 heterocycles. The minimum absolute atomic E-state index is 0.0496. The average molecular weight is 407 g/mol. The van der Waals surface area contributed by atoms with Crippen molar-refractivity contribution in [2.75, 3.05) is 0 Å². The maximum Gasteiger partial charge on any atom is 0.249 e. The van der Waals surface area contributed by atoms with Gasteiger partial charge in [0.05, 0.1) is 18.0 Å². The third-order valence-electron chi connectivity index (χ3n) is 6.71. The predicted molar refractivity (Wildman–Crippen MR) is 105 cm³/mol. The Hall–Kier alpha value is -3.16. The van der Waals surface area contributed by atoms with Gasteiger partial charge in [-0.05, 0) is 54.5 Å². The quantitative estimate of drug-likeness (QED) is 0.660. The van der Waals surface area contributed by atoms with Crippen LogP contribution in [0.2, 0.25) is 0 Å². The third-order valence-corrected chi connectivity index (χ3v) is 6.71. The topological polar surface area (TPSA) is 63.4 Å². The number of rotatable bonds is 4. The molecule has 8 heteroatoms. The van der Waals surface area contributed by atoms with Gasteiger partial charge in [-0.2, -0.15) is 20.1 Å². The number of hydrogen-bond acceptors (Lipinski definition) is 4. The minimum Gasteiger partial charge on any atom is -0.272 e. The Morgan fingerprint density at radius 2 is 1.67 bits per heavy atom. The highest BCUT2D eigenvalue weighted by Crippen LogP contribution is 2.74. The normalized spacial score (nSPS) is 29.1. The Bertz CT molecular complexity index is 1150. The molecule has 3 aliphatic carbocycles. The van der Waals surface area contributed by atoms with Crippen molar-refractivity contribution in [3.63, 3.8) is 0 Å². The second-order valence-corrected chi connectivity index (χ2v) is 8.93. The summed E-state index contributed by atoms with van der Waals surface area (Å²) >= 11 is 0. The van der Waals surface area contributed by atoms with Gasteiger partial charge in [-0.25, -0.2) is 13.8 Å². The number of fused-ring (bicyclic) bond motifs is 1. The molecule has 0 saturated heterocycles. The van der Waals surface area contributed by atoms with Crippen LogP contribution in [0.5, 0.6) is 0 Å². The zero-order chi connectivity index (χ0) is 20.5. The fourth-order valence-electron chi connectivity index (χ4n) is 5.56. The van der Waals surface area contributed by atoms with Crippen LogP contribution < -0.4 is 0 Å². The molecule has 1 unspecified atom stereocenters. The van der Waals surface area contributed by atoms with Crippen molar-refractivity contribution in [3.8, 4) is 0 Å². The van der Waals surface area contributed by atoms with Crippen LogP contribution in [0.3, 0.4) is 0 Å². The van der Waals surface area contributed by atoms with E-state index in [1.54, 1.807) is 11.0 Å². The van der Waals surface area contributed by atoms with E-state index >= 15 is 0 Å². The number of hydrogen-bond donors (Lipinski definition) is 0. The molecular weight excluding hydrogens is 388 g/mol. The zero-order valence-corrected chi connectivity index (χ0v) is 16.1. The Balaban J connectivity index is 1.17. The lowest BCUT2D eigenvalue weighted by Crippen LogP contribution is -2.68. The molecule has 152 valence electrons. The van der Waals surface area contributed by atoms with E-state index in [0.29, 0.717) is 18.5 Å². The molecule has 1 aliphatic heterocycles. The summed E-state index contributed by atoms with van der Waals surface area (Å²) in [5.41, 5.74) is 1.80. The van der Waals surface area contributed by atoms with Crippen LogP contribution in [-0.4, -0.2) is 32.1 Å². The standard InChI is InChI=1S/C22H19F2N5O/c23-15-7-14(8-16(24)9-15)19-5-6-25-29(19)20(30)22-10-21(11-22,12-22)13-28-26-17-3-1-2-4-18(17)27-28/h1-4,6-9,19H,5,10-13H2. The summed E-state index contributed by atoms with van der Waals surface area (Å²) in [6, 6.07) is 10.7. The van der Waals surface area contributed by atoms with E-state index in [0.717, 1.165) is 36.4 Å².